The molecule has 0 atom stereocenters. The molecule has 0 spiro atoms. The van der Waals surface area contributed by atoms with Crippen molar-refractivity contribution >= 4 is 11.6 Å². The first-order valence-corrected chi connectivity index (χ1v) is 6.53. The van der Waals surface area contributed by atoms with Gasteiger partial charge in [0.15, 0.2) is 0 Å². The molecule has 1 aromatic rings. The van der Waals surface area contributed by atoms with Crippen LogP contribution >= 0.6 is 0 Å². The van der Waals surface area contributed by atoms with Crippen LogP contribution in [0.4, 0.5) is 14.5 Å². The zero-order valence-corrected chi connectivity index (χ0v) is 11.0. The molecule has 1 fully saturated rings. The summed E-state index contributed by atoms with van der Waals surface area (Å²) in [6.45, 7) is -2.82. The Balaban J connectivity index is 1.96. The number of alkyl halides is 2. The number of nitrogens with two attached hydrogens (primary N) is 1. The van der Waals surface area contributed by atoms with Gasteiger partial charge >= 0.3 is 6.61 Å². The second-order valence-electron chi connectivity index (χ2n) is 4.59. The highest BCUT2D eigenvalue weighted by Gasteiger charge is 2.14. The van der Waals surface area contributed by atoms with Crippen molar-refractivity contribution in [2.24, 2.45) is 10.8 Å². The first-order valence-electron chi connectivity index (χ1n) is 6.53. The molecule has 1 aliphatic carbocycles. The van der Waals surface area contributed by atoms with Crippen molar-refractivity contribution in [2.45, 2.75) is 38.3 Å². The van der Waals surface area contributed by atoms with Crippen molar-refractivity contribution in [3.63, 3.8) is 0 Å². The summed E-state index contributed by atoms with van der Waals surface area (Å²) >= 11 is 0. The van der Waals surface area contributed by atoms with E-state index in [0.717, 1.165) is 12.8 Å². The number of benzene rings is 1. The molecule has 1 aliphatic rings. The van der Waals surface area contributed by atoms with Crippen LogP contribution in [0.5, 0.6) is 5.75 Å². The molecule has 2 rings (SSSR count). The van der Waals surface area contributed by atoms with Gasteiger partial charge in [-0.15, -0.1) is 0 Å². The minimum atomic E-state index is -2.82. The van der Waals surface area contributed by atoms with Gasteiger partial charge in [0, 0.05) is 5.69 Å². The van der Waals surface area contributed by atoms with Crippen molar-refractivity contribution in [1.29, 1.82) is 0 Å². The van der Waals surface area contributed by atoms with Gasteiger partial charge in [0.05, 0.1) is 6.04 Å². The number of halogens is 2. The monoisotopic (exact) mass is 284 g/mol. The van der Waals surface area contributed by atoms with Crippen molar-refractivity contribution in [3.05, 3.63) is 24.3 Å². The van der Waals surface area contributed by atoms with E-state index in [1.54, 1.807) is 12.1 Å². The summed E-state index contributed by atoms with van der Waals surface area (Å²) in [7, 11) is 0. The predicted molar refractivity (Wildman–Crippen MR) is 73.7 cm³/mol. The third-order valence-corrected chi connectivity index (χ3v) is 3.12. The van der Waals surface area contributed by atoms with Crippen LogP contribution in [-0.2, 0) is 0 Å². The van der Waals surface area contributed by atoms with E-state index >= 15 is 0 Å². The van der Waals surface area contributed by atoms with Gasteiger partial charge in [0.1, 0.15) is 5.75 Å². The highest BCUT2D eigenvalue weighted by Crippen LogP contribution is 2.21. The number of hydrogen-bond donors (Lipinski definition) is 3. The van der Waals surface area contributed by atoms with Crippen molar-refractivity contribution in [2.75, 3.05) is 5.32 Å². The van der Waals surface area contributed by atoms with E-state index in [-0.39, 0.29) is 11.8 Å². The van der Waals surface area contributed by atoms with E-state index in [0.29, 0.717) is 11.6 Å². The fourth-order valence-electron chi connectivity index (χ4n) is 2.18. The number of hydrazine groups is 1. The third kappa shape index (κ3) is 4.34. The molecule has 4 N–H and O–H groups in total. The van der Waals surface area contributed by atoms with Gasteiger partial charge in [0.25, 0.3) is 0 Å². The Morgan fingerprint density at radius 3 is 2.45 bits per heavy atom. The second kappa shape index (κ2) is 7.04. The summed E-state index contributed by atoms with van der Waals surface area (Å²) in [5, 5.41) is 3.01. The van der Waals surface area contributed by atoms with E-state index in [1.165, 1.54) is 25.0 Å². The molecule has 5 nitrogen and oxygen atoms in total. The Morgan fingerprint density at radius 2 is 1.90 bits per heavy atom. The summed E-state index contributed by atoms with van der Waals surface area (Å²) in [6, 6.07) is 6.45. The summed E-state index contributed by atoms with van der Waals surface area (Å²) in [5.41, 5.74) is 3.21. The van der Waals surface area contributed by atoms with Crippen LogP contribution in [0.2, 0.25) is 0 Å². The number of nitrogens with zero attached hydrogens (tertiary/aromatic N) is 1. The smallest absolute Gasteiger partial charge is 0.387 e. The lowest BCUT2D eigenvalue weighted by molar-refractivity contribution is -0.0498. The number of guanidine groups is 1. The van der Waals surface area contributed by atoms with E-state index in [9.17, 15) is 8.78 Å². The van der Waals surface area contributed by atoms with Crippen LogP contribution in [-0.4, -0.2) is 18.6 Å². The second-order valence-corrected chi connectivity index (χ2v) is 4.59. The standard InChI is InChI=1S/C13H18F2N4O/c14-12(15)20-11-7-5-10(6-8-11)18-13(19-16)17-9-3-1-2-4-9/h5-9,12H,1-4,16H2,(H2,17,18,19). The van der Waals surface area contributed by atoms with Gasteiger partial charge in [-0.3, -0.25) is 5.43 Å². The molecule has 0 aromatic heterocycles. The van der Waals surface area contributed by atoms with Gasteiger partial charge < -0.3 is 10.1 Å². The summed E-state index contributed by atoms with van der Waals surface area (Å²) in [5.74, 6) is 6.01. The maximum atomic E-state index is 12.0. The molecular weight excluding hydrogens is 266 g/mol. The van der Waals surface area contributed by atoms with Crippen molar-refractivity contribution in [1.82, 2.24) is 5.43 Å². The van der Waals surface area contributed by atoms with Gasteiger partial charge in [-0.05, 0) is 37.1 Å². The van der Waals surface area contributed by atoms with Crippen LogP contribution in [0, 0.1) is 0 Å². The number of hydrogen-bond acceptors (Lipinski definition) is 3. The maximum absolute atomic E-state index is 12.0. The fourth-order valence-corrected chi connectivity index (χ4v) is 2.18. The number of nitrogens with one attached hydrogen (secondary N) is 2. The Morgan fingerprint density at radius 1 is 1.25 bits per heavy atom. The van der Waals surface area contributed by atoms with E-state index < -0.39 is 6.61 Å². The Hall–Kier alpha value is -1.89. The number of rotatable bonds is 4. The average Bonchev–Trinajstić information content (AvgIpc) is 2.92. The molecule has 0 saturated heterocycles. The Kier molecular flexibility index (Phi) is 5.11. The zero-order valence-electron chi connectivity index (χ0n) is 11.0. The van der Waals surface area contributed by atoms with Crippen LogP contribution in [0.1, 0.15) is 25.7 Å². The minimum Gasteiger partial charge on any atom is -0.435 e. The van der Waals surface area contributed by atoms with Gasteiger partial charge in [0.2, 0.25) is 5.96 Å². The van der Waals surface area contributed by atoms with Crippen molar-refractivity contribution in [3.8, 4) is 5.75 Å². The molecule has 7 heteroatoms. The lowest BCUT2D eigenvalue weighted by atomic mass is 10.3. The lowest BCUT2D eigenvalue weighted by Gasteiger charge is -2.12. The number of anilines is 1. The zero-order chi connectivity index (χ0) is 14.4. The molecule has 20 heavy (non-hydrogen) atoms. The molecule has 0 unspecified atom stereocenters. The Labute approximate surface area is 116 Å². The number of aliphatic imine (C=N–C) groups is 1. The van der Waals surface area contributed by atoms with Gasteiger partial charge in [-0.2, -0.15) is 8.78 Å². The summed E-state index contributed by atoms with van der Waals surface area (Å²) < 4.78 is 28.3. The van der Waals surface area contributed by atoms with Crippen LogP contribution in [0.3, 0.4) is 0 Å². The highest BCUT2D eigenvalue weighted by atomic mass is 19.3. The highest BCUT2D eigenvalue weighted by molar-refractivity contribution is 5.93. The molecule has 1 saturated carbocycles. The molecule has 0 bridgehead atoms. The molecule has 1 aromatic carbocycles. The third-order valence-electron chi connectivity index (χ3n) is 3.12. The van der Waals surface area contributed by atoms with Gasteiger partial charge in [-0.25, -0.2) is 10.8 Å². The summed E-state index contributed by atoms with van der Waals surface area (Å²) in [6.07, 6.45) is 4.50. The normalized spacial score (nSPS) is 16.5. The minimum absolute atomic E-state index is 0.112. The quantitative estimate of drug-likeness (QED) is 0.344. The molecular formula is C13H18F2N4O. The van der Waals surface area contributed by atoms with Crippen LogP contribution in [0.15, 0.2) is 29.3 Å². The SMILES string of the molecule is NNC(=NC1CCCC1)Nc1ccc(OC(F)F)cc1. The number of ether oxygens (including phenoxy) is 1. The first-order chi connectivity index (χ1) is 9.67. The molecule has 0 heterocycles. The fraction of sp³-hybridized carbons (Fsp3) is 0.462. The largest absolute Gasteiger partial charge is 0.435 e. The maximum Gasteiger partial charge on any atom is 0.387 e. The Bertz CT molecular complexity index is 444. The van der Waals surface area contributed by atoms with E-state index in [4.69, 9.17) is 5.84 Å². The van der Waals surface area contributed by atoms with Crippen molar-refractivity contribution < 1.29 is 13.5 Å². The van der Waals surface area contributed by atoms with E-state index in [2.05, 4.69) is 20.5 Å². The lowest BCUT2D eigenvalue weighted by Crippen LogP contribution is -2.37. The van der Waals surface area contributed by atoms with Crippen LogP contribution in [0.25, 0.3) is 0 Å². The predicted octanol–water partition coefficient (Wildman–Crippen LogP) is 2.46. The summed E-state index contributed by atoms with van der Waals surface area (Å²) in [4.78, 5) is 4.48. The van der Waals surface area contributed by atoms with Gasteiger partial charge in [-0.1, -0.05) is 12.8 Å². The average molecular weight is 284 g/mol. The first kappa shape index (κ1) is 14.5. The molecule has 0 radical (unpaired) electrons. The van der Waals surface area contributed by atoms with E-state index in [1.807, 2.05) is 0 Å². The molecule has 110 valence electrons. The molecule has 0 aliphatic heterocycles. The molecule has 0 amide bonds. The van der Waals surface area contributed by atoms with Crippen LogP contribution < -0.4 is 21.3 Å². The topological polar surface area (TPSA) is 71.7 Å².